The summed E-state index contributed by atoms with van der Waals surface area (Å²) in [6.45, 7) is 54.3. The molecule has 0 aliphatic carbocycles. The molecule has 10 heteroatoms. The highest BCUT2D eigenvalue weighted by molar-refractivity contribution is 9.31. The molecule has 0 radical (unpaired) electrons. The maximum atomic E-state index is 5.11. The van der Waals surface area contributed by atoms with Crippen LogP contribution in [0.25, 0.3) is 0 Å². The molecule has 0 fully saturated rings. The molecule has 0 saturated carbocycles. The van der Waals surface area contributed by atoms with E-state index in [1.807, 2.05) is 0 Å². The Labute approximate surface area is 201 Å². The van der Waals surface area contributed by atoms with E-state index < -0.39 is 63.6 Å². The molecule has 0 spiro atoms. The minimum absolute atomic E-state index is 1.31. The number of rotatable bonds is 8. The molecular weight excluding hydrogens is 561 g/mol. The van der Waals surface area contributed by atoms with Crippen molar-refractivity contribution in [3.05, 3.63) is 0 Å². The van der Waals surface area contributed by atoms with E-state index in [-0.39, 0.29) is 0 Å². The topological polar surface area (TPSA) is 0 Å². The van der Waals surface area contributed by atoms with Crippen LogP contribution >= 0.6 is 15.3 Å². The molecule has 0 N–H and O–H groups in total. The van der Waals surface area contributed by atoms with Gasteiger partial charge in [0, 0.05) is 57.8 Å². The maximum absolute atomic E-state index is 5.11. The Kier molecular flexibility index (Phi) is 8.97. The zero-order valence-corrected chi connectivity index (χ0v) is 34.5. The Hall–Kier alpha value is 2.43. The lowest BCUT2D eigenvalue weighted by Crippen LogP contribution is -3.05. The Balaban J connectivity index is 8.22. The summed E-state index contributed by atoms with van der Waals surface area (Å²) in [5.41, 5.74) is -1.61. The summed E-state index contributed by atoms with van der Waals surface area (Å²) in [6, 6.07) is 0. The quantitative estimate of drug-likeness (QED) is 0.189. The summed E-state index contributed by atoms with van der Waals surface area (Å²) < 4.78 is 0. The third kappa shape index (κ3) is 4.44. The Bertz CT molecular complexity index is 464. The monoisotopic (exact) mass is 616 g/mol. The fraction of sp³-hybridized carbons (Fsp3) is 1.00. The first-order chi connectivity index (χ1) is 12.0. The average Bonchev–Trinajstić information content (AvgIpc) is 2.12. The van der Waals surface area contributed by atoms with E-state index in [9.17, 15) is 0 Å². The third-order valence-corrected chi connectivity index (χ3v) is 273. The Morgan fingerprint density at radius 2 is 0.379 bits per heavy atom. The van der Waals surface area contributed by atoms with Crippen LogP contribution in [0.5, 0.6) is 0 Å². The summed E-state index contributed by atoms with van der Waals surface area (Å²) >= 11 is 5.11. The second kappa shape index (κ2) is 8.28. The third-order valence-electron chi connectivity index (χ3n) is 8.16. The largest absolute Gasteiger partial charge is 0.135 e. The molecule has 176 valence electrons. The fourth-order valence-corrected chi connectivity index (χ4v) is 522. The molecule has 29 heavy (non-hydrogen) atoms. The van der Waals surface area contributed by atoms with Crippen LogP contribution in [-0.4, -0.2) is 63.6 Å². The summed E-state index contributed by atoms with van der Waals surface area (Å²) in [7, 11) is -7.86. The lowest BCUT2D eigenvalue weighted by molar-refractivity contribution is 1.74. The minimum atomic E-state index is -1.61. The molecule has 0 aliphatic rings. The van der Waals surface area contributed by atoms with Crippen molar-refractivity contribution >= 4 is 78.9 Å². The van der Waals surface area contributed by atoms with Gasteiger partial charge in [-0.2, -0.15) is 0 Å². The van der Waals surface area contributed by atoms with Gasteiger partial charge in [0.1, 0.15) is 0 Å². The molecule has 0 aromatic carbocycles. The van der Waals surface area contributed by atoms with Crippen molar-refractivity contribution in [2.45, 2.75) is 124 Å². The fourth-order valence-electron chi connectivity index (χ4n) is 11.3. The number of hydrogen-bond acceptors (Lipinski definition) is 0. The molecule has 0 rings (SSSR count). The van der Waals surface area contributed by atoms with Crippen molar-refractivity contribution in [3.8, 4) is 0 Å². The molecule has 0 nitrogen and oxygen atoms in total. The van der Waals surface area contributed by atoms with Crippen molar-refractivity contribution in [2.24, 2.45) is 0 Å². The van der Waals surface area contributed by atoms with E-state index in [1.165, 1.54) is 0 Å². The molecule has 0 aliphatic heterocycles. The standard InChI is InChI=1S/C19H57BrSi9/c1-21(2,3)28(22(4,5)6,23(7,8)9)27(19,20)29(24(10,11)12,25(13,14)15)26(16,17)18/h1-19H3. The van der Waals surface area contributed by atoms with E-state index in [4.69, 9.17) is 15.3 Å². The molecule has 0 unspecified atom stereocenters. The molecule has 0 aromatic heterocycles. The van der Waals surface area contributed by atoms with Crippen LogP contribution in [-0.2, 0) is 0 Å². The van der Waals surface area contributed by atoms with Crippen molar-refractivity contribution < 1.29 is 0 Å². The predicted octanol–water partition coefficient (Wildman–Crippen LogP) is 8.51. The van der Waals surface area contributed by atoms with Gasteiger partial charge in [-0.15, -0.1) is 15.3 Å². The first-order valence-electron chi connectivity index (χ1n) is 11.7. The van der Waals surface area contributed by atoms with E-state index in [2.05, 4.69) is 124 Å². The van der Waals surface area contributed by atoms with Crippen LogP contribution in [0.1, 0.15) is 0 Å². The first kappa shape index (κ1) is 31.4. The molecular formula is C19H57BrSi9. The molecule has 0 heterocycles. The second-order valence-electron chi connectivity index (χ2n) is 16.0. The smallest absolute Gasteiger partial charge is 0.0982 e. The van der Waals surface area contributed by atoms with E-state index in [1.54, 1.807) is 0 Å². The molecule has 0 bridgehead atoms. The molecule has 0 saturated heterocycles. The van der Waals surface area contributed by atoms with Crippen LogP contribution in [0.2, 0.25) is 124 Å². The van der Waals surface area contributed by atoms with E-state index in [0.717, 1.165) is 0 Å². The van der Waals surface area contributed by atoms with Crippen molar-refractivity contribution in [1.82, 2.24) is 0 Å². The summed E-state index contributed by atoms with van der Waals surface area (Å²) in [5, 5.41) is 0. The summed E-state index contributed by atoms with van der Waals surface area (Å²) in [5.74, 6) is 0. The van der Waals surface area contributed by atoms with Gasteiger partial charge >= 0.3 is 0 Å². The minimum Gasteiger partial charge on any atom is -0.135 e. The maximum Gasteiger partial charge on any atom is 0.0982 e. The molecule has 0 amide bonds. The first-order valence-corrected chi connectivity index (χ1v) is 49.4. The zero-order chi connectivity index (χ0) is 24.5. The SMILES string of the molecule is C[Si](C)(C)[Si]([Si](C)(C)C)([Si](C)(C)C)[Si](C)(Br)[Si]([Si](C)(C)C)([Si](C)(C)C)[Si](C)(C)C. The van der Waals surface area contributed by atoms with Gasteiger partial charge in [-0.05, 0) is 0 Å². The molecule has 0 aromatic rings. The average molecular weight is 618 g/mol. The van der Waals surface area contributed by atoms with Gasteiger partial charge in [-0.3, -0.25) is 0 Å². The van der Waals surface area contributed by atoms with Gasteiger partial charge in [0.05, 0.1) is 5.73 Å². The highest BCUT2D eigenvalue weighted by Gasteiger charge is 2.81. The highest BCUT2D eigenvalue weighted by Crippen LogP contribution is 2.55. The highest BCUT2D eigenvalue weighted by atomic mass is 79.9. The van der Waals surface area contributed by atoms with Crippen molar-refractivity contribution in [2.75, 3.05) is 0 Å². The van der Waals surface area contributed by atoms with E-state index in [0.29, 0.717) is 0 Å². The van der Waals surface area contributed by atoms with Crippen LogP contribution in [0.3, 0.4) is 0 Å². The van der Waals surface area contributed by atoms with Crippen LogP contribution in [0, 0.1) is 0 Å². The summed E-state index contributed by atoms with van der Waals surface area (Å²) in [4.78, 5) is 0. The Morgan fingerprint density at radius 1 is 0.276 bits per heavy atom. The normalized spacial score (nSPS) is 17.0. The van der Waals surface area contributed by atoms with Crippen LogP contribution < -0.4 is 0 Å². The van der Waals surface area contributed by atoms with Crippen molar-refractivity contribution in [1.29, 1.82) is 0 Å². The van der Waals surface area contributed by atoms with Gasteiger partial charge in [0.15, 0.2) is 0 Å². The zero-order valence-electron chi connectivity index (χ0n) is 23.9. The predicted molar refractivity (Wildman–Crippen MR) is 172 cm³/mol. The lowest BCUT2D eigenvalue weighted by Gasteiger charge is -2.74. The van der Waals surface area contributed by atoms with Gasteiger partial charge in [-0.25, -0.2) is 0 Å². The number of halogens is 1. The van der Waals surface area contributed by atoms with Crippen molar-refractivity contribution in [3.63, 3.8) is 0 Å². The van der Waals surface area contributed by atoms with Crippen LogP contribution in [0.15, 0.2) is 0 Å². The van der Waals surface area contributed by atoms with E-state index >= 15 is 0 Å². The molecule has 0 atom stereocenters. The van der Waals surface area contributed by atoms with Gasteiger partial charge < -0.3 is 0 Å². The van der Waals surface area contributed by atoms with Crippen LogP contribution in [0.4, 0.5) is 0 Å². The summed E-state index contributed by atoms with van der Waals surface area (Å²) in [6.07, 6.45) is -2.91. The Morgan fingerprint density at radius 3 is 0.448 bits per heavy atom. The number of hydrogen-bond donors (Lipinski definition) is 0. The lowest BCUT2D eigenvalue weighted by atomic mass is 11.8. The van der Waals surface area contributed by atoms with Gasteiger partial charge in [0.2, 0.25) is 0 Å². The van der Waals surface area contributed by atoms with Gasteiger partial charge in [0.25, 0.3) is 0 Å². The second-order valence-corrected chi connectivity index (χ2v) is 128. The van der Waals surface area contributed by atoms with Gasteiger partial charge in [-0.1, -0.05) is 124 Å².